The van der Waals surface area contributed by atoms with Gasteiger partial charge in [0.1, 0.15) is 0 Å². The third-order valence-electron chi connectivity index (χ3n) is 2.93. The molecule has 0 saturated carbocycles. The fourth-order valence-corrected chi connectivity index (χ4v) is 2.02. The van der Waals surface area contributed by atoms with Gasteiger partial charge in [-0.05, 0) is 17.7 Å². The van der Waals surface area contributed by atoms with Crippen molar-refractivity contribution in [3.8, 4) is 0 Å². The van der Waals surface area contributed by atoms with Gasteiger partial charge in [0, 0.05) is 25.0 Å². The van der Waals surface area contributed by atoms with Gasteiger partial charge < -0.3 is 10.6 Å². The van der Waals surface area contributed by atoms with Gasteiger partial charge in [0.2, 0.25) is 11.8 Å². The number of nitrogens with one attached hydrogen (secondary N) is 2. The summed E-state index contributed by atoms with van der Waals surface area (Å²) >= 11 is 0. The number of pyridine rings is 1. The first-order valence-electron chi connectivity index (χ1n) is 6.67. The van der Waals surface area contributed by atoms with Crippen LogP contribution in [-0.4, -0.2) is 16.8 Å². The van der Waals surface area contributed by atoms with E-state index >= 15 is 0 Å². The summed E-state index contributed by atoms with van der Waals surface area (Å²) in [5.41, 5.74) is 1.59. The second-order valence-electron chi connectivity index (χ2n) is 4.65. The lowest BCUT2D eigenvalue weighted by atomic mass is 10.0. The molecule has 2 aromatic rings. The zero-order chi connectivity index (χ0) is 15.1. The Labute approximate surface area is 123 Å². The number of benzene rings is 1. The summed E-state index contributed by atoms with van der Waals surface area (Å²) in [4.78, 5) is 27.3. The van der Waals surface area contributed by atoms with Crippen molar-refractivity contribution in [2.45, 2.75) is 19.4 Å². The zero-order valence-corrected chi connectivity index (χ0v) is 11.7. The standard InChI is InChI=1S/C16H17N3O2/c1-12(20)18-15(13-5-3-2-4-6-13)11-16(21)19-14-7-9-17-10-8-14/h2-10,15H,11H2,1H3,(H,18,20)(H,17,19,21). The number of amides is 2. The number of carbonyl (C=O) groups excluding carboxylic acids is 2. The molecule has 0 bridgehead atoms. The number of aromatic nitrogens is 1. The van der Waals surface area contributed by atoms with Crippen LogP contribution in [0.2, 0.25) is 0 Å². The molecule has 2 amide bonds. The molecule has 0 radical (unpaired) electrons. The van der Waals surface area contributed by atoms with Crippen LogP contribution in [0.1, 0.15) is 24.9 Å². The maximum absolute atomic E-state index is 12.1. The quantitative estimate of drug-likeness (QED) is 0.884. The van der Waals surface area contributed by atoms with Crippen molar-refractivity contribution in [2.75, 3.05) is 5.32 Å². The van der Waals surface area contributed by atoms with E-state index < -0.39 is 0 Å². The molecule has 5 nitrogen and oxygen atoms in total. The van der Waals surface area contributed by atoms with Crippen LogP contribution in [-0.2, 0) is 9.59 Å². The van der Waals surface area contributed by atoms with Gasteiger partial charge >= 0.3 is 0 Å². The van der Waals surface area contributed by atoms with Crippen LogP contribution in [0.15, 0.2) is 54.9 Å². The molecule has 21 heavy (non-hydrogen) atoms. The van der Waals surface area contributed by atoms with E-state index in [4.69, 9.17) is 0 Å². The van der Waals surface area contributed by atoms with Crippen LogP contribution in [0, 0.1) is 0 Å². The fourth-order valence-electron chi connectivity index (χ4n) is 2.02. The molecule has 108 valence electrons. The Morgan fingerprint density at radius 2 is 1.76 bits per heavy atom. The molecule has 1 unspecified atom stereocenters. The molecular formula is C16H17N3O2. The lowest BCUT2D eigenvalue weighted by Gasteiger charge is -2.18. The van der Waals surface area contributed by atoms with E-state index in [0.717, 1.165) is 5.56 Å². The third kappa shape index (κ3) is 4.72. The van der Waals surface area contributed by atoms with Crippen LogP contribution in [0.5, 0.6) is 0 Å². The molecule has 0 fully saturated rings. The molecule has 1 aromatic carbocycles. The van der Waals surface area contributed by atoms with E-state index in [2.05, 4.69) is 15.6 Å². The molecule has 0 aliphatic carbocycles. The molecule has 0 aliphatic rings. The molecule has 5 heteroatoms. The molecule has 2 rings (SSSR count). The van der Waals surface area contributed by atoms with E-state index in [1.54, 1.807) is 24.5 Å². The Morgan fingerprint density at radius 1 is 1.10 bits per heavy atom. The van der Waals surface area contributed by atoms with Crippen LogP contribution in [0.3, 0.4) is 0 Å². The van der Waals surface area contributed by atoms with E-state index in [9.17, 15) is 9.59 Å². The minimum atomic E-state index is -0.342. The van der Waals surface area contributed by atoms with Crippen molar-refractivity contribution in [3.05, 3.63) is 60.4 Å². The molecule has 1 atom stereocenters. The van der Waals surface area contributed by atoms with Crippen molar-refractivity contribution in [2.24, 2.45) is 0 Å². The van der Waals surface area contributed by atoms with E-state index in [0.29, 0.717) is 5.69 Å². The first kappa shape index (κ1) is 14.7. The predicted molar refractivity (Wildman–Crippen MR) is 80.5 cm³/mol. The number of carbonyl (C=O) groups is 2. The average molecular weight is 283 g/mol. The molecule has 0 saturated heterocycles. The minimum absolute atomic E-state index is 0.163. The smallest absolute Gasteiger partial charge is 0.226 e. The van der Waals surface area contributed by atoms with Crippen LogP contribution >= 0.6 is 0 Å². The highest BCUT2D eigenvalue weighted by Crippen LogP contribution is 2.17. The monoisotopic (exact) mass is 283 g/mol. The van der Waals surface area contributed by atoms with Crippen molar-refractivity contribution >= 4 is 17.5 Å². The van der Waals surface area contributed by atoms with Gasteiger partial charge in [-0.25, -0.2) is 0 Å². The predicted octanol–water partition coefficient (Wildman–Crippen LogP) is 2.29. The van der Waals surface area contributed by atoms with E-state index in [1.165, 1.54) is 6.92 Å². The normalized spacial score (nSPS) is 11.5. The number of hydrogen-bond acceptors (Lipinski definition) is 3. The van der Waals surface area contributed by atoms with Crippen LogP contribution in [0.4, 0.5) is 5.69 Å². The van der Waals surface area contributed by atoms with Gasteiger partial charge in [-0.2, -0.15) is 0 Å². The van der Waals surface area contributed by atoms with Crippen molar-refractivity contribution in [1.82, 2.24) is 10.3 Å². The van der Waals surface area contributed by atoms with Crippen molar-refractivity contribution in [3.63, 3.8) is 0 Å². The topological polar surface area (TPSA) is 71.1 Å². The van der Waals surface area contributed by atoms with Gasteiger partial charge in [0.25, 0.3) is 0 Å². The van der Waals surface area contributed by atoms with Crippen molar-refractivity contribution in [1.29, 1.82) is 0 Å². The molecule has 0 aliphatic heterocycles. The second-order valence-corrected chi connectivity index (χ2v) is 4.65. The minimum Gasteiger partial charge on any atom is -0.349 e. The Bertz CT molecular complexity index is 599. The summed E-state index contributed by atoms with van der Waals surface area (Å²) in [6.07, 6.45) is 3.39. The SMILES string of the molecule is CC(=O)NC(CC(=O)Nc1ccncc1)c1ccccc1. The lowest BCUT2D eigenvalue weighted by Crippen LogP contribution is -2.29. The summed E-state index contributed by atoms with van der Waals surface area (Å²) in [7, 11) is 0. The fraction of sp³-hybridized carbons (Fsp3) is 0.188. The number of anilines is 1. The van der Waals surface area contributed by atoms with Crippen LogP contribution in [0.25, 0.3) is 0 Å². The number of nitrogens with zero attached hydrogens (tertiary/aromatic N) is 1. The third-order valence-corrected chi connectivity index (χ3v) is 2.93. The highest BCUT2D eigenvalue weighted by Gasteiger charge is 2.16. The molecular weight excluding hydrogens is 266 g/mol. The summed E-state index contributed by atoms with van der Waals surface area (Å²) < 4.78 is 0. The molecule has 1 aromatic heterocycles. The van der Waals surface area contributed by atoms with E-state index in [1.807, 2.05) is 30.3 Å². The Kier molecular flexibility index (Phi) is 5.04. The van der Waals surface area contributed by atoms with Gasteiger partial charge in [-0.15, -0.1) is 0 Å². The highest BCUT2D eigenvalue weighted by molar-refractivity contribution is 5.91. The number of rotatable bonds is 5. The largest absolute Gasteiger partial charge is 0.349 e. The molecule has 1 heterocycles. The van der Waals surface area contributed by atoms with Gasteiger partial charge in [-0.3, -0.25) is 14.6 Å². The molecule has 0 spiro atoms. The van der Waals surface area contributed by atoms with Gasteiger partial charge in [-0.1, -0.05) is 30.3 Å². The summed E-state index contributed by atoms with van der Waals surface area (Å²) in [5, 5.41) is 5.59. The Hall–Kier alpha value is -2.69. The highest BCUT2D eigenvalue weighted by atomic mass is 16.2. The average Bonchev–Trinajstić information content (AvgIpc) is 2.48. The lowest BCUT2D eigenvalue weighted by molar-refractivity contribution is -0.120. The molecule has 2 N–H and O–H groups in total. The number of hydrogen-bond donors (Lipinski definition) is 2. The second kappa shape index (κ2) is 7.19. The summed E-state index contributed by atoms with van der Waals surface area (Å²) in [6.45, 7) is 1.44. The Balaban J connectivity index is 2.05. The first-order chi connectivity index (χ1) is 10.1. The maximum Gasteiger partial charge on any atom is 0.226 e. The van der Waals surface area contributed by atoms with Gasteiger partial charge in [0.15, 0.2) is 0 Å². The zero-order valence-electron chi connectivity index (χ0n) is 11.7. The van der Waals surface area contributed by atoms with Crippen LogP contribution < -0.4 is 10.6 Å². The van der Waals surface area contributed by atoms with E-state index in [-0.39, 0.29) is 24.3 Å². The van der Waals surface area contributed by atoms with Crippen molar-refractivity contribution < 1.29 is 9.59 Å². The summed E-state index contributed by atoms with van der Waals surface area (Å²) in [6, 6.07) is 12.5. The Morgan fingerprint density at radius 3 is 2.38 bits per heavy atom. The first-order valence-corrected chi connectivity index (χ1v) is 6.67. The maximum atomic E-state index is 12.1. The summed E-state index contributed by atoms with van der Waals surface area (Å²) in [5.74, 6) is -0.329. The van der Waals surface area contributed by atoms with Gasteiger partial charge in [0.05, 0.1) is 12.5 Å².